The summed E-state index contributed by atoms with van der Waals surface area (Å²) >= 11 is 0. The quantitative estimate of drug-likeness (QED) is 0.659. The number of hydrogen-bond donors (Lipinski definition) is 0. The summed E-state index contributed by atoms with van der Waals surface area (Å²) in [5, 5.41) is 0. The van der Waals surface area contributed by atoms with Crippen molar-refractivity contribution in [1.29, 1.82) is 0 Å². The molecule has 0 radical (unpaired) electrons. The van der Waals surface area contributed by atoms with E-state index in [1.807, 2.05) is 0 Å². The minimum absolute atomic E-state index is 0.0323. The SMILES string of the molecule is Cc1ccc(C2c3ccccc3CCN2C(=O)CC(C)CC(C)(C)C)cc1. The number of rotatable bonds is 4. The summed E-state index contributed by atoms with van der Waals surface area (Å²) in [6, 6.07) is 17.3. The molecule has 0 aliphatic carbocycles. The number of nitrogens with zero attached hydrogens (tertiary/aromatic N) is 1. The van der Waals surface area contributed by atoms with Crippen molar-refractivity contribution in [1.82, 2.24) is 4.90 Å². The van der Waals surface area contributed by atoms with Crippen LogP contribution in [0.15, 0.2) is 48.5 Å². The Bertz CT molecular complexity index is 785. The van der Waals surface area contributed by atoms with Crippen molar-refractivity contribution in [2.75, 3.05) is 6.54 Å². The molecular formula is C25H33NO. The molecule has 0 bridgehead atoms. The van der Waals surface area contributed by atoms with E-state index < -0.39 is 0 Å². The van der Waals surface area contributed by atoms with Gasteiger partial charge in [0.15, 0.2) is 0 Å². The summed E-state index contributed by atoms with van der Waals surface area (Å²) in [6.07, 6.45) is 2.64. The second kappa shape index (κ2) is 7.88. The van der Waals surface area contributed by atoms with E-state index in [1.165, 1.54) is 22.3 Å². The van der Waals surface area contributed by atoms with Crippen molar-refractivity contribution in [3.63, 3.8) is 0 Å². The summed E-state index contributed by atoms with van der Waals surface area (Å²) in [5.74, 6) is 0.681. The van der Waals surface area contributed by atoms with Crippen molar-refractivity contribution in [2.24, 2.45) is 11.3 Å². The van der Waals surface area contributed by atoms with E-state index in [1.54, 1.807) is 0 Å². The van der Waals surface area contributed by atoms with Gasteiger partial charge in [-0.15, -0.1) is 0 Å². The predicted molar refractivity (Wildman–Crippen MR) is 113 cm³/mol. The number of fused-ring (bicyclic) bond motifs is 1. The highest BCUT2D eigenvalue weighted by molar-refractivity contribution is 5.78. The molecule has 0 saturated heterocycles. The Labute approximate surface area is 164 Å². The number of carbonyl (C=O) groups excluding carboxylic acids is 1. The Morgan fingerprint density at radius 1 is 1.11 bits per heavy atom. The Hall–Kier alpha value is -2.09. The molecule has 2 nitrogen and oxygen atoms in total. The summed E-state index contributed by atoms with van der Waals surface area (Å²) < 4.78 is 0. The lowest BCUT2D eigenvalue weighted by atomic mass is 9.83. The first-order valence-electron chi connectivity index (χ1n) is 10.2. The summed E-state index contributed by atoms with van der Waals surface area (Å²) in [6.45, 7) is 11.9. The Morgan fingerprint density at radius 2 is 1.78 bits per heavy atom. The van der Waals surface area contributed by atoms with Crippen LogP contribution in [0, 0.1) is 18.3 Å². The fourth-order valence-electron chi connectivity index (χ4n) is 4.48. The van der Waals surface area contributed by atoms with Crippen LogP contribution >= 0.6 is 0 Å². The van der Waals surface area contributed by atoms with Gasteiger partial charge >= 0.3 is 0 Å². The second-order valence-corrected chi connectivity index (χ2v) is 9.42. The molecule has 2 atom stereocenters. The molecule has 144 valence electrons. The fraction of sp³-hybridized carbons (Fsp3) is 0.480. The van der Waals surface area contributed by atoms with Crippen LogP contribution in [0.4, 0.5) is 0 Å². The fourth-order valence-corrected chi connectivity index (χ4v) is 4.48. The normalized spacial score (nSPS) is 18.1. The molecule has 1 heterocycles. The van der Waals surface area contributed by atoms with Crippen LogP contribution in [-0.2, 0) is 11.2 Å². The second-order valence-electron chi connectivity index (χ2n) is 9.42. The van der Waals surface area contributed by atoms with Crippen LogP contribution in [0.5, 0.6) is 0 Å². The van der Waals surface area contributed by atoms with Gasteiger partial charge in [-0.1, -0.05) is 81.8 Å². The highest BCUT2D eigenvalue weighted by Crippen LogP contribution is 2.36. The predicted octanol–water partition coefficient (Wildman–Crippen LogP) is 5.93. The number of carbonyl (C=O) groups is 1. The van der Waals surface area contributed by atoms with E-state index in [9.17, 15) is 4.79 Å². The van der Waals surface area contributed by atoms with Gasteiger partial charge in [0.1, 0.15) is 0 Å². The van der Waals surface area contributed by atoms with Crippen molar-refractivity contribution in [2.45, 2.75) is 59.9 Å². The molecule has 0 fully saturated rings. The molecule has 0 spiro atoms. The molecule has 2 aromatic rings. The average Bonchev–Trinajstić information content (AvgIpc) is 2.59. The lowest BCUT2D eigenvalue weighted by Crippen LogP contribution is -2.41. The van der Waals surface area contributed by atoms with Gasteiger partial charge in [-0.3, -0.25) is 4.79 Å². The maximum absolute atomic E-state index is 13.3. The molecule has 2 heteroatoms. The van der Waals surface area contributed by atoms with Gasteiger partial charge in [-0.25, -0.2) is 0 Å². The lowest BCUT2D eigenvalue weighted by Gasteiger charge is -2.38. The smallest absolute Gasteiger partial charge is 0.223 e. The van der Waals surface area contributed by atoms with E-state index in [0.717, 1.165) is 19.4 Å². The zero-order chi connectivity index (χ0) is 19.6. The first-order valence-corrected chi connectivity index (χ1v) is 10.2. The first-order chi connectivity index (χ1) is 12.7. The molecule has 3 rings (SSSR count). The van der Waals surface area contributed by atoms with Gasteiger partial charge in [-0.05, 0) is 47.8 Å². The zero-order valence-corrected chi connectivity index (χ0v) is 17.5. The Kier molecular flexibility index (Phi) is 5.74. The lowest BCUT2D eigenvalue weighted by molar-refractivity contribution is -0.134. The van der Waals surface area contributed by atoms with Crippen LogP contribution in [0.3, 0.4) is 0 Å². The zero-order valence-electron chi connectivity index (χ0n) is 17.5. The van der Waals surface area contributed by atoms with Crippen molar-refractivity contribution < 1.29 is 4.79 Å². The van der Waals surface area contributed by atoms with Crippen LogP contribution in [-0.4, -0.2) is 17.4 Å². The summed E-state index contributed by atoms with van der Waals surface area (Å²) in [4.78, 5) is 15.4. The van der Waals surface area contributed by atoms with Gasteiger partial charge in [0.25, 0.3) is 0 Å². The molecule has 2 unspecified atom stereocenters. The molecule has 0 N–H and O–H groups in total. The molecule has 1 aliphatic rings. The van der Waals surface area contributed by atoms with Gasteiger partial charge in [-0.2, -0.15) is 0 Å². The van der Waals surface area contributed by atoms with Gasteiger partial charge in [0, 0.05) is 13.0 Å². The minimum atomic E-state index is 0.0323. The maximum atomic E-state index is 13.3. The van der Waals surface area contributed by atoms with Crippen molar-refractivity contribution in [3.8, 4) is 0 Å². The highest BCUT2D eigenvalue weighted by Gasteiger charge is 2.32. The largest absolute Gasteiger partial charge is 0.331 e. The van der Waals surface area contributed by atoms with Crippen LogP contribution < -0.4 is 0 Å². The van der Waals surface area contributed by atoms with Crippen LogP contribution in [0.2, 0.25) is 0 Å². The number of aryl methyl sites for hydroxylation is 1. The van der Waals surface area contributed by atoms with E-state index in [0.29, 0.717) is 12.3 Å². The van der Waals surface area contributed by atoms with Crippen LogP contribution in [0.25, 0.3) is 0 Å². The molecule has 1 aliphatic heterocycles. The number of benzene rings is 2. The standard InChI is InChI=1S/C25H33NO/c1-18-10-12-21(13-11-18)24-22-9-7-6-8-20(22)14-15-26(24)23(27)16-19(2)17-25(3,4)5/h6-13,19,24H,14-17H2,1-5H3. The Morgan fingerprint density at radius 3 is 2.44 bits per heavy atom. The van der Waals surface area contributed by atoms with E-state index in [4.69, 9.17) is 0 Å². The van der Waals surface area contributed by atoms with E-state index >= 15 is 0 Å². The van der Waals surface area contributed by atoms with Gasteiger partial charge in [0.2, 0.25) is 5.91 Å². The average molecular weight is 364 g/mol. The molecule has 27 heavy (non-hydrogen) atoms. The topological polar surface area (TPSA) is 20.3 Å². The molecule has 2 aromatic carbocycles. The molecular weight excluding hydrogens is 330 g/mol. The Balaban J connectivity index is 1.89. The third-order valence-corrected chi connectivity index (χ3v) is 5.48. The molecule has 0 aromatic heterocycles. The number of amides is 1. The van der Waals surface area contributed by atoms with E-state index in [2.05, 4.69) is 88.0 Å². The third-order valence-electron chi connectivity index (χ3n) is 5.48. The highest BCUT2D eigenvalue weighted by atomic mass is 16.2. The van der Waals surface area contributed by atoms with Crippen molar-refractivity contribution >= 4 is 5.91 Å². The van der Waals surface area contributed by atoms with E-state index in [-0.39, 0.29) is 17.4 Å². The van der Waals surface area contributed by atoms with Crippen LogP contribution in [0.1, 0.15) is 68.8 Å². The molecule has 1 amide bonds. The molecule has 0 saturated carbocycles. The minimum Gasteiger partial charge on any atom is -0.331 e. The third kappa shape index (κ3) is 4.80. The number of hydrogen-bond acceptors (Lipinski definition) is 1. The monoisotopic (exact) mass is 363 g/mol. The summed E-state index contributed by atoms with van der Waals surface area (Å²) in [7, 11) is 0. The summed E-state index contributed by atoms with van der Waals surface area (Å²) in [5.41, 5.74) is 5.37. The van der Waals surface area contributed by atoms with Gasteiger partial charge in [0.05, 0.1) is 6.04 Å². The maximum Gasteiger partial charge on any atom is 0.223 e. The van der Waals surface area contributed by atoms with Crippen molar-refractivity contribution in [3.05, 3.63) is 70.8 Å². The van der Waals surface area contributed by atoms with Gasteiger partial charge < -0.3 is 4.90 Å². The first kappa shape index (κ1) is 19.7.